The first-order chi connectivity index (χ1) is 14.0. The number of para-hydroxylation sites is 2. The van der Waals surface area contributed by atoms with E-state index in [-0.39, 0.29) is 23.7 Å². The Morgan fingerprint density at radius 3 is 2.72 bits per heavy atom. The monoisotopic (exact) mass is 416 g/mol. The first kappa shape index (κ1) is 20.8. The Balaban J connectivity index is 1.61. The van der Waals surface area contributed by atoms with E-state index in [1.54, 1.807) is 36.4 Å². The summed E-state index contributed by atoms with van der Waals surface area (Å²) < 4.78 is 5.38. The molecule has 1 fully saturated rings. The highest BCUT2D eigenvalue weighted by Crippen LogP contribution is 2.27. The summed E-state index contributed by atoms with van der Waals surface area (Å²) in [4.78, 5) is 28.8. The van der Waals surface area contributed by atoms with Crippen LogP contribution in [-0.4, -0.2) is 34.0 Å². The smallest absolute Gasteiger partial charge is 0.240 e. The molecule has 29 heavy (non-hydrogen) atoms. The Kier molecular flexibility index (Phi) is 6.83. The molecule has 10 heteroatoms. The standard InChI is InChI=1S/C19H20N4O5S/c1-2-28-13-9-7-12(8-10-13)20-19-22-18(25)16(29-19)11-17(24)21-14-5-3-4-6-15(14)23(26)27/h3-10,16,23,26H,2,11H2,1H3,(H,21,24)(H,20,22,25). The highest BCUT2D eigenvalue weighted by Gasteiger charge is 2.32. The molecule has 2 atom stereocenters. The molecule has 2 aromatic carbocycles. The van der Waals surface area contributed by atoms with Crippen molar-refractivity contribution >= 4 is 45.8 Å². The zero-order valence-corrected chi connectivity index (χ0v) is 16.4. The van der Waals surface area contributed by atoms with Crippen molar-refractivity contribution in [1.29, 1.82) is 0 Å². The normalized spacial score (nSPS) is 18.4. The molecule has 9 nitrogen and oxygen atoms in total. The summed E-state index contributed by atoms with van der Waals surface area (Å²) >= 11 is 1.16. The van der Waals surface area contributed by atoms with Gasteiger partial charge in [0.05, 0.1) is 12.3 Å². The first-order valence-electron chi connectivity index (χ1n) is 8.87. The van der Waals surface area contributed by atoms with E-state index in [0.717, 1.165) is 17.5 Å². The third-order valence-corrected chi connectivity index (χ3v) is 5.04. The second kappa shape index (κ2) is 9.52. The van der Waals surface area contributed by atoms with Crippen molar-refractivity contribution in [3.05, 3.63) is 53.7 Å². The highest BCUT2D eigenvalue weighted by atomic mass is 32.2. The van der Waals surface area contributed by atoms with Gasteiger partial charge in [-0.25, -0.2) is 10.2 Å². The van der Waals surface area contributed by atoms with Crippen molar-refractivity contribution in [3.63, 3.8) is 0 Å². The minimum atomic E-state index is -1.14. The molecule has 1 aliphatic heterocycles. The van der Waals surface area contributed by atoms with Crippen LogP contribution in [-0.2, 0) is 9.59 Å². The number of carbonyl (C=O) groups excluding carboxylic acids is 2. The van der Waals surface area contributed by atoms with E-state index in [1.807, 2.05) is 6.92 Å². The fourth-order valence-corrected chi connectivity index (χ4v) is 3.63. The molecule has 1 heterocycles. The SMILES string of the molecule is CCOc1ccc(N=C2NC(=O)C(CC(=O)Nc3ccccc3[NH+]([O-])O)S2)cc1. The molecular weight excluding hydrogens is 396 g/mol. The van der Waals surface area contributed by atoms with Crippen LogP contribution in [0.3, 0.4) is 0 Å². The van der Waals surface area contributed by atoms with Gasteiger partial charge >= 0.3 is 0 Å². The van der Waals surface area contributed by atoms with E-state index in [2.05, 4.69) is 15.6 Å². The van der Waals surface area contributed by atoms with Crippen molar-refractivity contribution in [1.82, 2.24) is 5.32 Å². The molecule has 0 aromatic heterocycles. The Hall–Kier alpha value is -2.92. The van der Waals surface area contributed by atoms with Crippen LogP contribution in [0.25, 0.3) is 0 Å². The lowest BCUT2D eigenvalue weighted by atomic mass is 10.2. The zero-order valence-electron chi connectivity index (χ0n) is 15.5. The van der Waals surface area contributed by atoms with Gasteiger partial charge in [-0.3, -0.25) is 9.59 Å². The number of nitrogens with one attached hydrogen (secondary N) is 3. The number of benzene rings is 2. The quantitative estimate of drug-likeness (QED) is 0.509. The average molecular weight is 416 g/mol. The summed E-state index contributed by atoms with van der Waals surface area (Å²) in [7, 11) is 0. The maximum absolute atomic E-state index is 12.3. The van der Waals surface area contributed by atoms with Crippen molar-refractivity contribution in [2.75, 3.05) is 11.9 Å². The maximum atomic E-state index is 12.3. The van der Waals surface area contributed by atoms with Gasteiger partial charge < -0.3 is 20.6 Å². The second-order valence-corrected chi connectivity index (χ2v) is 7.23. The third kappa shape index (κ3) is 5.55. The number of hydrogen-bond donors (Lipinski definition) is 4. The third-order valence-electron chi connectivity index (χ3n) is 3.96. The number of hydrogen-bond acceptors (Lipinski definition) is 7. The molecule has 0 spiro atoms. The van der Waals surface area contributed by atoms with Crippen molar-refractivity contribution in [2.45, 2.75) is 18.6 Å². The van der Waals surface area contributed by atoms with E-state index in [1.165, 1.54) is 12.1 Å². The lowest BCUT2D eigenvalue weighted by molar-refractivity contribution is -0.990. The van der Waals surface area contributed by atoms with E-state index < -0.39 is 16.4 Å². The van der Waals surface area contributed by atoms with Crippen LogP contribution >= 0.6 is 11.8 Å². The van der Waals surface area contributed by atoms with Crippen molar-refractivity contribution in [2.24, 2.45) is 4.99 Å². The number of anilines is 1. The number of thioether (sulfide) groups is 1. The van der Waals surface area contributed by atoms with Crippen LogP contribution in [0.15, 0.2) is 53.5 Å². The molecule has 0 bridgehead atoms. The Labute approximate surface area is 171 Å². The van der Waals surface area contributed by atoms with Gasteiger partial charge in [-0.1, -0.05) is 23.9 Å². The molecule has 3 rings (SSSR count). The zero-order chi connectivity index (χ0) is 20.8. The molecule has 2 unspecified atom stereocenters. The predicted octanol–water partition coefficient (Wildman–Crippen LogP) is 1.74. The maximum Gasteiger partial charge on any atom is 0.240 e. The summed E-state index contributed by atoms with van der Waals surface area (Å²) in [5.41, 5.74) is 0.829. The van der Waals surface area contributed by atoms with Gasteiger partial charge in [-0.15, -0.1) is 0 Å². The van der Waals surface area contributed by atoms with Crippen LogP contribution < -0.4 is 20.6 Å². The van der Waals surface area contributed by atoms with Crippen molar-refractivity contribution in [3.8, 4) is 5.75 Å². The van der Waals surface area contributed by atoms with E-state index in [9.17, 15) is 20.0 Å². The number of carbonyl (C=O) groups is 2. The predicted molar refractivity (Wildman–Crippen MR) is 110 cm³/mol. The first-order valence-corrected chi connectivity index (χ1v) is 9.75. The van der Waals surface area contributed by atoms with Gasteiger partial charge in [0, 0.05) is 12.5 Å². The lowest BCUT2D eigenvalue weighted by Crippen LogP contribution is -2.99. The number of ether oxygens (including phenoxy) is 1. The van der Waals surface area contributed by atoms with Crippen LogP contribution in [0, 0.1) is 5.21 Å². The Morgan fingerprint density at radius 2 is 2.03 bits per heavy atom. The van der Waals surface area contributed by atoms with Crippen LogP contribution in [0.4, 0.5) is 17.1 Å². The Morgan fingerprint density at radius 1 is 1.31 bits per heavy atom. The summed E-state index contributed by atoms with van der Waals surface area (Å²) in [6, 6.07) is 13.2. The molecule has 2 amide bonds. The van der Waals surface area contributed by atoms with Crippen molar-refractivity contribution < 1.29 is 24.8 Å². The summed E-state index contributed by atoms with van der Waals surface area (Å²) in [5.74, 6) is -0.0363. The van der Waals surface area contributed by atoms with Gasteiger partial charge in [0.2, 0.25) is 11.8 Å². The molecule has 0 saturated carbocycles. The number of amidine groups is 1. The minimum Gasteiger partial charge on any atom is -0.595 e. The molecular formula is C19H20N4O5S. The fraction of sp³-hybridized carbons (Fsp3) is 0.211. The van der Waals surface area contributed by atoms with E-state index in [0.29, 0.717) is 17.5 Å². The molecule has 1 aliphatic rings. The van der Waals surface area contributed by atoms with E-state index in [4.69, 9.17) is 4.74 Å². The highest BCUT2D eigenvalue weighted by molar-refractivity contribution is 8.15. The minimum absolute atomic E-state index is 0.0119. The van der Waals surface area contributed by atoms with E-state index >= 15 is 0 Å². The summed E-state index contributed by atoms with van der Waals surface area (Å²) in [6.45, 7) is 2.47. The molecule has 1 saturated heterocycles. The number of rotatable bonds is 7. The summed E-state index contributed by atoms with van der Waals surface area (Å²) in [6.07, 6.45) is -0.104. The van der Waals surface area contributed by atoms with Crippen LogP contribution in [0.5, 0.6) is 5.75 Å². The topological polar surface area (TPSA) is 128 Å². The largest absolute Gasteiger partial charge is 0.595 e. The van der Waals surface area contributed by atoms with Gasteiger partial charge in [-0.2, -0.15) is 5.23 Å². The Bertz CT molecular complexity index is 917. The van der Waals surface area contributed by atoms with Gasteiger partial charge in [0.1, 0.15) is 16.7 Å². The lowest BCUT2D eigenvalue weighted by Gasteiger charge is -2.16. The van der Waals surface area contributed by atoms with Gasteiger partial charge in [-0.05, 0) is 37.3 Å². The van der Waals surface area contributed by atoms with Gasteiger partial charge in [0.15, 0.2) is 10.9 Å². The fourth-order valence-electron chi connectivity index (χ4n) is 2.64. The number of quaternary nitrogens is 1. The molecule has 2 aromatic rings. The number of amides is 2. The number of aliphatic imine (C=N–C) groups is 1. The van der Waals surface area contributed by atoms with Gasteiger partial charge in [0.25, 0.3) is 0 Å². The average Bonchev–Trinajstić information content (AvgIpc) is 3.02. The number of nitrogens with zero attached hydrogens (tertiary/aromatic N) is 1. The van der Waals surface area contributed by atoms with Crippen LogP contribution in [0.2, 0.25) is 0 Å². The molecule has 0 radical (unpaired) electrons. The van der Waals surface area contributed by atoms with Crippen LogP contribution in [0.1, 0.15) is 13.3 Å². The molecule has 4 N–H and O–H groups in total. The summed E-state index contributed by atoms with van der Waals surface area (Å²) in [5, 5.41) is 24.2. The molecule has 0 aliphatic carbocycles. The molecule has 152 valence electrons. The second-order valence-electron chi connectivity index (χ2n) is 6.04.